The number of benzene rings is 1. The van der Waals surface area contributed by atoms with E-state index in [4.69, 9.17) is 0 Å². The molecular formula is C16H21F4N. The fourth-order valence-electron chi connectivity index (χ4n) is 3.08. The van der Waals surface area contributed by atoms with E-state index in [1.807, 2.05) is 6.92 Å². The van der Waals surface area contributed by atoms with E-state index in [0.29, 0.717) is 12.1 Å². The molecule has 1 aliphatic carbocycles. The smallest absolute Gasteiger partial charge is 0.248 e. The summed E-state index contributed by atoms with van der Waals surface area (Å²) < 4.78 is 55.0. The van der Waals surface area contributed by atoms with Crippen molar-refractivity contribution in [3.8, 4) is 0 Å². The number of nitrogens with one attached hydrogen (secondary N) is 1. The Balaban J connectivity index is 2.30. The second-order valence-electron chi connectivity index (χ2n) is 5.82. The van der Waals surface area contributed by atoms with Crippen LogP contribution in [0.5, 0.6) is 0 Å². The highest BCUT2D eigenvalue weighted by atomic mass is 19.3. The molecule has 1 saturated carbocycles. The zero-order valence-corrected chi connectivity index (χ0v) is 12.4. The molecule has 1 N–H and O–H groups in total. The monoisotopic (exact) mass is 303 g/mol. The number of aryl methyl sites for hydroxylation is 1. The van der Waals surface area contributed by atoms with Gasteiger partial charge in [0.1, 0.15) is 11.6 Å². The predicted molar refractivity (Wildman–Crippen MR) is 74.4 cm³/mol. The first-order chi connectivity index (χ1) is 9.85. The van der Waals surface area contributed by atoms with Gasteiger partial charge in [-0.2, -0.15) is 0 Å². The fraction of sp³-hybridized carbons (Fsp3) is 0.625. The lowest BCUT2D eigenvalue weighted by Crippen LogP contribution is -2.35. The summed E-state index contributed by atoms with van der Waals surface area (Å²) >= 11 is 0. The average molecular weight is 303 g/mol. The standard InChI is InChI=1S/C16H21F4N/c1-3-21-15(11-6-8-16(19,20)9-7-11)13-12(17)5-4-10(2)14(13)18/h4-5,11,15,21H,3,6-9H2,1-2H3. The van der Waals surface area contributed by atoms with E-state index in [2.05, 4.69) is 5.32 Å². The number of hydrogen-bond donors (Lipinski definition) is 1. The van der Waals surface area contributed by atoms with Crippen molar-refractivity contribution in [2.24, 2.45) is 5.92 Å². The maximum atomic E-state index is 14.3. The number of alkyl halides is 2. The summed E-state index contributed by atoms with van der Waals surface area (Å²) in [6.07, 6.45) is 0.123. The van der Waals surface area contributed by atoms with Gasteiger partial charge in [-0.1, -0.05) is 13.0 Å². The largest absolute Gasteiger partial charge is 0.310 e. The van der Waals surface area contributed by atoms with Gasteiger partial charge in [-0.05, 0) is 43.9 Å². The zero-order valence-electron chi connectivity index (χ0n) is 12.4. The van der Waals surface area contributed by atoms with E-state index in [1.54, 1.807) is 6.92 Å². The van der Waals surface area contributed by atoms with Gasteiger partial charge in [0.05, 0.1) is 0 Å². The maximum absolute atomic E-state index is 14.3. The lowest BCUT2D eigenvalue weighted by atomic mass is 9.79. The molecule has 0 aromatic heterocycles. The summed E-state index contributed by atoms with van der Waals surface area (Å²) in [4.78, 5) is 0. The average Bonchev–Trinajstić information content (AvgIpc) is 2.43. The predicted octanol–water partition coefficient (Wildman–Crippen LogP) is 4.75. The summed E-state index contributed by atoms with van der Waals surface area (Å²) in [6.45, 7) is 3.96. The molecule has 21 heavy (non-hydrogen) atoms. The van der Waals surface area contributed by atoms with E-state index in [-0.39, 0.29) is 37.2 Å². The van der Waals surface area contributed by atoms with Crippen LogP contribution in [0, 0.1) is 24.5 Å². The van der Waals surface area contributed by atoms with E-state index in [9.17, 15) is 17.6 Å². The van der Waals surface area contributed by atoms with Crippen LogP contribution in [0.15, 0.2) is 12.1 Å². The molecule has 1 nitrogen and oxygen atoms in total. The van der Waals surface area contributed by atoms with E-state index in [0.717, 1.165) is 0 Å². The minimum absolute atomic E-state index is 0.00735. The van der Waals surface area contributed by atoms with Gasteiger partial charge >= 0.3 is 0 Å². The topological polar surface area (TPSA) is 12.0 Å². The van der Waals surface area contributed by atoms with Crippen LogP contribution in [0.2, 0.25) is 0 Å². The Morgan fingerprint density at radius 2 is 1.86 bits per heavy atom. The molecule has 0 amide bonds. The van der Waals surface area contributed by atoms with Gasteiger partial charge in [-0.25, -0.2) is 17.6 Å². The third-order valence-corrected chi connectivity index (χ3v) is 4.29. The van der Waals surface area contributed by atoms with Gasteiger partial charge in [0.2, 0.25) is 5.92 Å². The molecule has 0 spiro atoms. The molecule has 0 heterocycles. The molecule has 0 aliphatic heterocycles. The minimum atomic E-state index is -2.64. The third-order valence-electron chi connectivity index (χ3n) is 4.29. The van der Waals surface area contributed by atoms with Crippen LogP contribution in [0.4, 0.5) is 17.6 Å². The first-order valence-electron chi connectivity index (χ1n) is 7.41. The second-order valence-corrected chi connectivity index (χ2v) is 5.82. The van der Waals surface area contributed by atoms with Crippen LogP contribution in [-0.2, 0) is 0 Å². The Labute approximate surface area is 122 Å². The molecule has 1 fully saturated rings. The Morgan fingerprint density at radius 3 is 2.43 bits per heavy atom. The fourth-order valence-corrected chi connectivity index (χ4v) is 3.08. The second kappa shape index (κ2) is 6.34. The van der Waals surface area contributed by atoms with Crippen molar-refractivity contribution in [1.82, 2.24) is 5.32 Å². The first-order valence-corrected chi connectivity index (χ1v) is 7.41. The molecule has 5 heteroatoms. The summed E-state index contributed by atoms with van der Waals surface area (Å²) in [5.41, 5.74) is 0.363. The van der Waals surface area contributed by atoms with Gasteiger partial charge in [-0.3, -0.25) is 0 Å². The van der Waals surface area contributed by atoms with Crippen LogP contribution >= 0.6 is 0 Å². The highest BCUT2D eigenvalue weighted by molar-refractivity contribution is 5.30. The van der Waals surface area contributed by atoms with Crippen LogP contribution < -0.4 is 5.32 Å². The quantitative estimate of drug-likeness (QED) is 0.792. The van der Waals surface area contributed by atoms with E-state index in [1.165, 1.54) is 12.1 Å². The van der Waals surface area contributed by atoms with E-state index < -0.39 is 23.6 Å². The summed E-state index contributed by atoms with van der Waals surface area (Å²) in [5.74, 6) is -3.99. The third kappa shape index (κ3) is 3.57. The van der Waals surface area contributed by atoms with Gasteiger partial charge in [0.15, 0.2) is 0 Å². The molecule has 1 atom stereocenters. The normalized spacial score (nSPS) is 20.5. The van der Waals surface area contributed by atoms with Crippen LogP contribution in [0.25, 0.3) is 0 Å². The van der Waals surface area contributed by atoms with E-state index >= 15 is 0 Å². The van der Waals surface area contributed by atoms with Crippen molar-refractivity contribution < 1.29 is 17.6 Å². The molecular weight excluding hydrogens is 282 g/mol. The van der Waals surface area contributed by atoms with Crippen molar-refractivity contribution in [3.05, 3.63) is 34.9 Å². The Morgan fingerprint density at radius 1 is 1.24 bits per heavy atom. The van der Waals surface area contributed by atoms with Crippen molar-refractivity contribution >= 4 is 0 Å². The molecule has 0 saturated heterocycles. The van der Waals surface area contributed by atoms with Crippen LogP contribution in [0.3, 0.4) is 0 Å². The molecule has 1 aromatic rings. The number of hydrogen-bond acceptors (Lipinski definition) is 1. The summed E-state index contributed by atoms with van der Waals surface area (Å²) in [6, 6.07) is 2.09. The minimum Gasteiger partial charge on any atom is -0.310 e. The Bertz CT molecular complexity index is 491. The number of rotatable bonds is 4. The zero-order chi connectivity index (χ0) is 15.6. The lowest BCUT2D eigenvalue weighted by molar-refractivity contribution is -0.0499. The lowest BCUT2D eigenvalue weighted by Gasteiger charge is -2.34. The van der Waals surface area contributed by atoms with Crippen molar-refractivity contribution in [2.75, 3.05) is 6.54 Å². The molecule has 1 unspecified atom stereocenters. The molecule has 0 bridgehead atoms. The van der Waals surface area contributed by atoms with Gasteiger partial charge < -0.3 is 5.32 Å². The summed E-state index contributed by atoms with van der Waals surface area (Å²) in [5, 5.41) is 3.08. The van der Waals surface area contributed by atoms with Crippen molar-refractivity contribution in [1.29, 1.82) is 0 Å². The molecule has 1 aromatic carbocycles. The number of halogens is 4. The van der Waals surface area contributed by atoms with Crippen molar-refractivity contribution in [2.45, 2.75) is 51.5 Å². The van der Waals surface area contributed by atoms with Crippen molar-refractivity contribution in [3.63, 3.8) is 0 Å². The maximum Gasteiger partial charge on any atom is 0.248 e. The Hall–Kier alpha value is -1.10. The molecule has 0 radical (unpaired) electrons. The Kier molecular flexibility index (Phi) is 4.91. The molecule has 1 aliphatic rings. The first kappa shape index (κ1) is 16.3. The highest BCUT2D eigenvalue weighted by Gasteiger charge is 2.39. The molecule has 118 valence electrons. The highest BCUT2D eigenvalue weighted by Crippen LogP contribution is 2.42. The van der Waals surface area contributed by atoms with Gasteiger partial charge in [-0.15, -0.1) is 0 Å². The van der Waals surface area contributed by atoms with Crippen LogP contribution in [0.1, 0.15) is 49.8 Å². The summed E-state index contributed by atoms with van der Waals surface area (Å²) in [7, 11) is 0. The molecule has 2 rings (SSSR count). The van der Waals surface area contributed by atoms with Gasteiger partial charge in [0, 0.05) is 24.4 Å². The van der Waals surface area contributed by atoms with Crippen LogP contribution in [-0.4, -0.2) is 12.5 Å². The SMILES string of the molecule is CCNC(c1c(F)ccc(C)c1F)C1CCC(F)(F)CC1. The van der Waals surface area contributed by atoms with Gasteiger partial charge in [0.25, 0.3) is 0 Å².